The SMILES string of the molecule is CCOc1cccc(OC(C)C)n1. The number of rotatable bonds is 4. The number of hydrogen-bond donors (Lipinski definition) is 0. The van der Waals surface area contributed by atoms with Gasteiger partial charge in [0.25, 0.3) is 0 Å². The molecule has 0 saturated carbocycles. The Labute approximate surface area is 78.7 Å². The standard InChI is InChI=1S/C10H15NO2/c1-4-12-9-6-5-7-10(11-9)13-8(2)3/h5-8H,4H2,1-3H3. The van der Waals surface area contributed by atoms with Crippen molar-refractivity contribution < 1.29 is 9.47 Å². The molecule has 13 heavy (non-hydrogen) atoms. The molecule has 0 radical (unpaired) electrons. The normalized spacial score (nSPS) is 10.2. The van der Waals surface area contributed by atoms with E-state index in [0.29, 0.717) is 18.4 Å². The third-order valence-electron chi connectivity index (χ3n) is 1.35. The lowest BCUT2D eigenvalue weighted by Gasteiger charge is -2.09. The van der Waals surface area contributed by atoms with E-state index in [0.717, 1.165) is 0 Å². The summed E-state index contributed by atoms with van der Waals surface area (Å²) in [7, 11) is 0. The maximum atomic E-state index is 5.41. The number of nitrogens with zero attached hydrogens (tertiary/aromatic N) is 1. The van der Waals surface area contributed by atoms with Gasteiger partial charge >= 0.3 is 0 Å². The lowest BCUT2D eigenvalue weighted by molar-refractivity contribution is 0.227. The second-order valence-corrected chi connectivity index (χ2v) is 2.91. The summed E-state index contributed by atoms with van der Waals surface area (Å²) in [4.78, 5) is 4.16. The molecule has 0 bridgehead atoms. The van der Waals surface area contributed by atoms with Crippen LogP contribution >= 0.6 is 0 Å². The predicted octanol–water partition coefficient (Wildman–Crippen LogP) is 2.27. The highest BCUT2D eigenvalue weighted by Crippen LogP contribution is 2.14. The fourth-order valence-electron chi connectivity index (χ4n) is 0.931. The maximum absolute atomic E-state index is 5.41. The van der Waals surface area contributed by atoms with Crippen molar-refractivity contribution in [1.82, 2.24) is 4.98 Å². The fraction of sp³-hybridized carbons (Fsp3) is 0.500. The first-order chi connectivity index (χ1) is 6.22. The van der Waals surface area contributed by atoms with Gasteiger partial charge in [0.15, 0.2) is 0 Å². The predicted molar refractivity (Wildman–Crippen MR) is 51.2 cm³/mol. The molecule has 0 N–H and O–H groups in total. The van der Waals surface area contributed by atoms with E-state index >= 15 is 0 Å². The third kappa shape index (κ3) is 3.32. The van der Waals surface area contributed by atoms with Crippen molar-refractivity contribution in [2.45, 2.75) is 26.9 Å². The van der Waals surface area contributed by atoms with Crippen molar-refractivity contribution in [3.63, 3.8) is 0 Å². The van der Waals surface area contributed by atoms with Crippen LogP contribution in [-0.2, 0) is 0 Å². The fourth-order valence-corrected chi connectivity index (χ4v) is 0.931. The molecule has 0 aliphatic rings. The Hall–Kier alpha value is -1.25. The molecule has 1 heterocycles. The van der Waals surface area contributed by atoms with Crippen LogP contribution in [0.1, 0.15) is 20.8 Å². The van der Waals surface area contributed by atoms with Gasteiger partial charge in [0.05, 0.1) is 12.7 Å². The Balaban J connectivity index is 2.67. The van der Waals surface area contributed by atoms with Crippen molar-refractivity contribution in [2.75, 3.05) is 6.61 Å². The summed E-state index contributed by atoms with van der Waals surface area (Å²) in [5.41, 5.74) is 0. The van der Waals surface area contributed by atoms with Gasteiger partial charge in [-0.1, -0.05) is 6.07 Å². The average molecular weight is 181 g/mol. The van der Waals surface area contributed by atoms with E-state index in [4.69, 9.17) is 9.47 Å². The second-order valence-electron chi connectivity index (χ2n) is 2.91. The van der Waals surface area contributed by atoms with Crippen molar-refractivity contribution >= 4 is 0 Å². The maximum Gasteiger partial charge on any atom is 0.216 e. The molecule has 1 aromatic heterocycles. The van der Waals surface area contributed by atoms with Crippen LogP contribution in [0.4, 0.5) is 0 Å². The number of ether oxygens (including phenoxy) is 2. The molecular weight excluding hydrogens is 166 g/mol. The van der Waals surface area contributed by atoms with Gasteiger partial charge in [0.1, 0.15) is 0 Å². The molecule has 0 spiro atoms. The average Bonchev–Trinajstić information content (AvgIpc) is 2.04. The molecule has 0 aliphatic carbocycles. The summed E-state index contributed by atoms with van der Waals surface area (Å²) >= 11 is 0. The topological polar surface area (TPSA) is 31.4 Å². The van der Waals surface area contributed by atoms with Crippen LogP contribution in [0.25, 0.3) is 0 Å². The van der Waals surface area contributed by atoms with Crippen LogP contribution in [0.15, 0.2) is 18.2 Å². The van der Waals surface area contributed by atoms with Crippen LogP contribution in [0.3, 0.4) is 0 Å². The molecule has 0 aromatic carbocycles. The molecule has 72 valence electrons. The van der Waals surface area contributed by atoms with Gasteiger partial charge < -0.3 is 9.47 Å². The van der Waals surface area contributed by atoms with Gasteiger partial charge in [-0.25, -0.2) is 0 Å². The summed E-state index contributed by atoms with van der Waals surface area (Å²) in [6.45, 7) is 6.49. The monoisotopic (exact) mass is 181 g/mol. The summed E-state index contributed by atoms with van der Waals surface area (Å²) in [5, 5.41) is 0. The Bertz CT molecular complexity index is 261. The van der Waals surface area contributed by atoms with Gasteiger partial charge in [-0.2, -0.15) is 4.98 Å². The molecule has 1 rings (SSSR count). The lowest BCUT2D eigenvalue weighted by Crippen LogP contribution is -2.07. The van der Waals surface area contributed by atoms with Crippen molar-refractivity contribution in [3.8, 4) is 11.8 Å². The molecule has 0 aliphatic heterocycles. The van der Waals surface area contributed by atoms with Crippen LogP contribution in [0.2, 0.25) is 0 Å². The molecule has 3 heteroatoms. The molecular formula is C10H15NO2. The second kappa shape index (κ2) is 4.70. The zero-order valence-corrected chi connectivity index (χ0v) is 8.28. The van der Waals surface area contributed by atoms with Crippen molar-refractivity contribution in [2.24, 2.45) is 0 Å². The van der Waals surface area contributed by atoms with Crippen LogP contribution in [0.5, 0.6) is 11.8 Å². The van der Waals surface area contributed by atoms with Gasteiger partial charge in [-0.15, -0.1) is 0 Å². The van der Waals surface area contributed by atoms with Crippen molar-refractivity contribution in [1.29, 1.82) is 0 Å². The summed E-state index contributed by atoms with van der Waals surface area (Å²) < 4.78 is 10.6. The minimum atomic E-state index is 0.143. The summed E-state index contributed by atoms with van der Waals surface area (Å²) in [6, 6.07) is 5.51. The van der Waals surface area contributed by atoms with E-state index < -0.39 is 0 Å². The largest absolute Gasteiger partial charge is 0.478 e. The van der Waals surface area contributed by atoms with E-state index in [1.54, 1.807) is 0 Å². The number of pyridine rings is 1. The molecule has 0 atom stereocenters. The number of hydrogen-bond acceptors (Lipinski definition) is 3. The van der Waals surface area contributed by atoms with Crippen LogP contribution in [0, 0.1) is 0 Å². The van der Waals surface area contributed by atoms with E-state index in [1.165, 1.54) is 0 Å². The summed E-state index contributed by atoms with van der Waals surface area (Å²) in [6.07, 6.45) is 0.143. The minimum absolute atomic E-state index is 0.143. The van der Waals surface area contributed by atoms with Crippen molar-refractivity contribution in [3.05, 3.63) is 18.2 Å². The lowest BCUT2D eigenvalue weighted by atomic mass is 10.4. The Morgan fingerprint density at radius 3 is 2.62 bits per heavy atom. The highest BCUT2D eigenvalue weighted by atomic mass is 16.5. The van der Waals surface area contributed by atoms with E-state index in [-0.39, 0.29) is 6.10 Å². The van der Waals surface area contributed by atoms with Crippen LogP contribution < -0.4 is 9.47 Å². The molecule has 0 fully saturated rings. The Morgan fingerprint density at radius 1 is 1.31 bits per heavy atom. The van der Waals surface area contributed by atoms with Gasteiger partial charge in [0, 0.05) is 12.1 Å². The van der Waals surface area contributed by atoms with Gasteiger partial charge in [0.2, 0.25) is 11.8 Å². The van der Waals surface area contributed by atoms with Gasteiger partial charge in [-0.05, 0) is 20.8 Å². The smallest absolute Gasteiger partial charge is 0.216 e. The molecule has 3 nitrogen and oxygen atoms in total. The quantitative estimate of drug-likeness (QED) is 0.714. The number of aromatic nitrogens is 1. The zero-order valence-electron chi connectivity index (χ0n) is 8.28. The first-order valence-electron chi connectivity index (χ1n) is 4.49. The van der Waals surface area contributed by atoms with E-state index in [1.807, 2.05) is 39.0 Å². The molecule has 1 aromatic rings. The highest BCUT2D eigenvalue weighted by Gasteiger charge is 2.00. The molecule has 0 saturated heterocycles. The van der Waals surface area contributed by atoms with Gasteiger partial charge in [-0.3, -0.25) is 0 Å². The Kier molecular flexibility index (Phi) is 3.55. The molecule has 0 unspecified atom stereocenters. The van der Waals surface area contributed by atoms with E-state index in [2.05, 4.69) is 4.98 Å². The molecule has 0 amide bonds. The minimum Gasteiger partial charge on any atom is -0.478 e. The first-order valence-corrected chi connectivity index (χ1v) is 4.49. The third-order valence-corrected chi connectivity index (χ3v) is 1.35. The highest BCUT2D eigenvalue weighted by molar-refractivity contribution is 5.19. The Morgan fingerprint density at radius 2 is 2.00 bits per heavy atom. The van der Waals surface area contributed by atoms with E-state index in [9.17, 15) is 0 Å². The van der Waals surface area contributed by atoms with Crippen LogP contribution in [-0.4, -0.2) is 17.7 Å². The first kappa shape index (κ1) is 9.84. The zero-order chi connectivity index (χ0) is 9.68. The summed E-state index contributed by atoms with van der Waals surface area (Å²) in [5.74, 6) is 1.22.